The van der Waals surface area contributed by atoms with Crippen molar-refractivity contribution in [3.8, 4) is 33.4 Å². The maximum absolute atomic E-state index is 5.24. The first-order chi connectivity index (χ1) is 49.5. The quantitative estimate of drug-likeness (QED) is 0.114. The Morgan fingerprint density at radius 2 is 0.495 bits per heavy atom. The van der Waals surface area contributed by atoms with Gasteiger partial charge in [0.1, 0.15) is 23.3 Å². The van der Waals surface area contributed by atoms with Gasteiger partial charge in [-0.05, 0) is 209 Å². The summed E-state index contributed by atoms with van der Waals surface area (Å²) < 4.78 is 0. The van der Waals surface area contributed by atoms with Crippen LogP contribution in [0.1, 0.15) is 94.5 Å². The minimum atomic E-state index is -0.597. The van der Waals surface area contributed by atoms with Gasteiger partial charge in [0.05, 0.1) is 27.5 Å². The Balaban J connectivity index is 0.636. The molecule has 6 heteroatoms. The first-order valence-corrected chi connectivity index (χ1v) is 34.9. The van der Waals surface area contributed by atoms with Crippen LogP contribution < -0.4 is 9.80 Å². The maximum Gasteiger partial charge on any atom is 0.139 e. The average Bonchev–Trinajstić information content (AvgIpc) is 1.55. The molecule has 3 aliphatic rings. The molecule has 0 fully saturated rings. The molecule has 0 N–H and O–H groups in total. The van der Waals surface area contributed by atoms with Gasteiger partial charge in [-0.3, -0.25) is 9.80 Å². The van der Waals surface area contributed by atoms with Crippen LogP contribution in [0.4, 0.5) is 34.6 Å². The SMILES string of the molecule is CC1(C)c2cc(C=Cc3ccc4c(c3)C(c3ccccc3)(c3ccccc3)c3cc(C=Cc5ccc6c(c5)C(C)(C)c5cc(N(c7ccc8ccccc8n7)c7ccc8ccccc8n7)ccc5-6)ccc3-4)ccc2-c2ccc(N(c3ccc4ccccc4n3)c3ccc4ccccc4n3)cc21. The zero-order valence-corrected chi connectivity index (χ0v) is 56.5. The highest BCUT2D eigenvalue weighted by Gasteiger charge is 2.47. The second-order valence-corrected chi connectivity index (χ2v) is 28.2. The average molecular weight is 1290 g/mol. The standard InChI is InChI=1S/C95H68N6/c1-93(2)79-55-61(35-45-73(79)75-49-43-71(59-81(75)93)100(89-51-39-65-19-11-15-27-85(65)96-89)90-52-40-66-20-12-16-28-86(66)97-90)31-33-63-37-47-77-78-48-38-64(58-84(78)95(83(77)57-63,69-23-7-5-8-24-69)70-25-9-6-10-26-70)34-32-62-36-46-74-76-50-44-72(60-82(76)94(3,4)80(74)56-62)101(91-53-41-67-21-13-17-29-87(67)98-91)92-54-42-68-22-14-18-30-88(68)99-92/h5-60H,1-4H3. The van der Waals surface area contributed by atoms with Gasteiger partial charge in [-0.15, -0.1) is 0 Å². The molecular formula is C95H68N6. The smallest absolute Gasteiger partial charge is 0.139 e. The fourth-order valence-corrected chi connectivity index (χ4v) is 16.6. The van der Waals surface area contributed by atoms with Crippen LogP contribution in [0, 0.1) is 0 Å². The Kier molecular flexibility index (Phi) is 13.7. The Hall–Kier alpha value is -12.6. The molecule has 12 aromatic carbocycles. The molecule has 4 aromatic heterocycles. The van der Waals surface area contributed by atoms with Crippen molar-refractivity contribution in [2.45, 2.75) is 43.9 Å². The Morgan fingerprint density at radius 1 is 0.238 bits per heavy atom. The van der Waals surface area contributed by atoms with E-state index in [9.17, 15) is 0 Å². The molecule has 3 aliphatic carbocycles. The molecule has 6 nitrogen and oxygen atoms in total. The van der Waals surface area contributed by atoms with E-state index < -0.39 is 5.41 Å². The van der Waals surface area contributed by atoms with Crippen molar-refractivity contribution in [1.29, 1.82) is 0 Å². The van der Waals surface area contributed by atoms with E-state index in [1.807, 2.05) is 24.3 Å². The van der Waals surface area contributed by atoms with Crippen molar-refractivity contribution in [3.63, 3.8) is 0 Å². The lowest BCUT2D eigenvalue weighted by Gasteiger charge is -2.34. The second-order valence-electron chi connectivity index (χ2n) is 28.2. The monoisotopic (exact) mass is 1290 g/mol. The van der Waals surface area contributed by atoms with Crippen molar-refractivity contribution in [2.75, 3.05) is 9.80 Å². The molecule has 478 valence electrons. The van der Waals surface area contributed by atoms with Gasteiger partial charge in [0.25, 0.3) is 0 Å². The summed E-state index contributed by atoms with van der Waals surface area (Å²) in [5.41, 5.74) is 26.9. The van der Waals surface area contributed by atoms with Gasteiger partial charge in [0.2, 0.25) is 0 Å². The number of fused-ring (bicyclic) bond motifs is 13. The van der Waals surface area contributed by atoms with Crippen molar-refractivity contribution in [2.24, 2.45) is 0 Å². The molecule has 0 saturated heterocycles. The fourth-order valence-electron chi connectivity index (χ4n) is 16.6. The van der Waals surface area contributed by atoms with Crippen LogP contribution in [0.2, 0.25) is 0 Å². The van der Waals surface area contributed by atoms with Crippen LogP contribution >= 0.6 is 0 Å². The lowest BCUT2D eigenvalue weighted by atomic mass is 9.67. The molecule has 0 amide bonds. The lowest BCUT2D eigenvalue weighted by molar-refractivity contribution is 0.660. The summed E-state index contributed by atoms with van der Waals surface area (Å²) in [4.78, 5) is 25.4. The third-order valence-electron chi connectivity index (χ3n) is 21.7. The number of pyridine rings is 4. The van der Waals surface area contributed by atoms with Crippen LogP contribution in [0.5, 0.6) is 0 Å². The number of anilines is 6. The molecule has 0 atom stereocenters. The molecule has 0 radical (unpaired) electrons. The van der Waals surface area contributed by atoms with Crippen LogP contribution in [-0.2, 0) is 16.2 Å². The van der Waals surface area contributed by atoms with E-state index in [1.54, 1.807) is 0 Å². The van der Waals surface area contributed by atoms with Crippen LogP contribution in [-0.4, -0.2) is 19.9 Å². The minimum Gasteiger partial charge on any atom is -0.279 e. The van der Waals surface area contributed by atoms with Crippen LogP contribution in [0.25, 0.3) is 101 Å². The maximum atomic E-state index is 5.24. The van der Waals surface area contributed by atoms with Gasteiger partial charge in [-0.1, -0.05) is 258 Å². The van der Waals surface area contributed by atoms with Crippen molar-refractivity contribution < 1.29 is 0 Å². The largest absolute Gasteiger partial charge is 0.279 e. The summed E-state index contributed by atoms with van der Waals surface area (Å²) in [6.07, 6.45) is 9.19. The fraction of sp³-hybridized carbons (Fsp3) is 0.0737. The highest BCUT2D eigenvalue weighted by atomic mass is 15.2. The molecule has 19 rings (SSSR count). The molecule has 0 unspecified atom stereocenters. The van der Waals surface area contributed by atoms with E-state index in [0.717, 1.165) is 101 Å². The van der Waals surface area contributed by atoms with E-state index in [1.165, 1.54) is 77.9 Å². The van der Waals surface area contributed by atoms with E-state index >= 15 is 0 Å². The summed E-state index contributed by atoms with van der Waals surface area (Å²) >= 11 is 0. The van der Waals surface area contributed by atoms with Crippen molar-refractivity contribution in [1.82, 2.24) is 19.9 Å². The third-order valence-corrected chi connectivity index (χ3v) is 21.7. The number of hydrogen-bond acceptors (Lipinski definition) is 6. The van der Waals surface area contributed by atoms with Gasteiger partial charge in [-0.2, -0.15) is 0 Å². The topological polar surface area (TPSA) is 58.0 Å². The zero-order chi connectivity index (χ0) is 67.6. The number of aromatic nitrogens is 4. The molecular weight excluding hydrogens is 1230 g/mol. The molecule has 101 heavy (non-hydrogen) atoms. The molecule has 0 aliphatic heterocycles. The van der Waals surface area contributed by atoms with Gasteiger partial charge in [0, 0.05) is 43.7 Å². The van der Waals surface area contributed by atoms with E-state index in [4.69, 9.17) is 19.9 Å². The number of para-hydroxylation sites is 4. The van der Waals surface area contributed by atoms with Crippen molar-refractivity contribution >= 4 is 103 Å². The summed E-state index contributed by atoms with van der Waals surface area (Å²) in [6, 6.07) is 115. The predicted octanol–water partition coefficient (Wildman–Crippen LogP) is 24.1. The second kappa shape index (κ2) is 23.3. The van der Waals surface area contributed by atoms with E-state index in [0.29, 0.717) is 0 Å². The molecule has 0 bridgehead atoms. The van der Waals surface area contributed by atoms with Gasteiger partial charge in [0.15, 0.2) is 0 Å². The third kappa shape index (κ3) is 9.76. The lowest BCUT2D eigenvalue weighted by Crippen LogP contribution is -2.28. The number of hydrogen-bond donors (Lipinski definition) is 0. The van der Waals surface area contributed by atoms with Gasteiger partial charge in [-0.25, -0.2) is 19.9 Å². The normalized spacial score (nSPS) is 14.1. The summed E-state index contributed by atoms with van der Waals surface area (Å²) in [5, 5.41) is 4.40. The van der Waals surface area contributed by atoms with Crippen LogP contribution in [0.3, 0.4) is 0 Å². The van der Waals surface area contributed by atoms with E-state index in [2.05, 4.69) is 353 Å². The molecule has 0 saturated carbocycles. The minimum absolute atomic E-state index is 0.293. The predicted molar refractivity (Wildman–Crippen MR) is 420 cm³/mol. The van der Waals surface area contributed by atoms with Gasteiger partial charge >= 0.3 is 0 Å². The number of benzene rings is 12. The Bertz CT molecular complexity index is 5590. The van der Waals surface area contributed by atoms with Crippen molar-refractivity contribution in [3.05, 3.63) is 382 Å². The highest BCUT2D eigenvalue weighted by molar-refractivity contribution is 5.94. The zero-order valence-electron chi connectivity index (χ0n) is 56.5. The van der Waals surface area contributed by atoms with E-state index in [-0.39, 0.29) is 10.8 Å². The first-order valence-electron chi connectivity index (χ1n) is 34.9. The summed E-state index contributed by atoms with van der Waals surface area (Å²) in [6.45, 7) is 9.45. The van der Waals surface area contributed by atoms with Crippen LogP contribution in [0.15, 0.2) is 315 Å². The number of rotatable bonds is 12. The molecule has 0 spiro atoms. The highest BCUT2D eigenvalue weighted by Crippen LogP contribution is 2.58. The Labute approximate surface area is 588 Å². The summed E-state index contributed by atoms with van der Waals surface area (Å²) in [5.74, 6) is 3.28. The summed E-state index contributed by atoms with van der Waals surface area (Å²) in [7, 11) is 0. The molecule has 16 aromatic rings. The molecule has 4 heterocycles. The number of nitrogens with zero attached hydrogens (tertiary/aromatic N) is 6. The van der Waals surface area contributed by atoms with Gasteiger partial charge < -0.3 is 0 Å². The Morgan fingerprint density at radius 3 is 0.812 bits per heavy atom. The first kappa shape index (κ1) is 59.6.